The molecule has 0 radical (unpaired) electrons. The van der Waals surface area contributed by atoms with E-state index in [9.17, 15) is 4.79 Å². The Labute approximate surface area is 102 Å². The number of nitrogens with zero attached hydrogens (tertiary/aromatic N) is 3. The first-order chi connectivity index (χ1) is 7.65. The van der Waals surface area contributed by atoms with Gasteiger partial charge in [-0.1, -0.05) is 0 Å². The first kappa shape index (κ1) is 11.4. The second-order valence-electron chi connectivity index (χ2n) is 3.29. The molecule has 0 saturated heterocycles. The van der Waals surface area contributed by atoms with Crippen molar-refractivity contribution in [3.63, 3.8) is 0 Å². The van der Waals surface area contributed by atoms with Gasteiger partial charge < -0.3 is 4.18 Å². The van der Waals surface area contributed by atoms with Crippen molar-refractivity contribution in [2.45, 2.75) is 13.5 Å². The Morgan fingerprint density at radius 2 is 2.38 bits per heavy atom. The molecule has 0 unspecified atom stereocenters. The quantitative estimate of drug-likeness (QED) is 0.666. The predicted octanol–water partition coefficient (Wildman–Crippen LogP) is 1.30. The van der Waals surface area contributed by atoms with Crippen molar-refractivity contribution in [3.8, 4) is 5.69 Å². The van der Waals surface area contributed by atoms with E-state index in [0.717, 1.165) is 10.6 Å². The van der Waals surface area contributed by atoms with Gasteiger partial charge in [0.1, 0.15) is 5.82 Å². The lowest BCUT2D eigenvalue weighted by Crippen LogP contribution is -2.22. The van der Waals surface area contributed by atoms with Crippen LogP contribution in [0.5, 0.6) is 0 Å². The summed E-state index contributed by atoms with van der Waals surface area (Å²) < 4.78 is 7.68. The summed E-state index contributed by atoms with van der Waals surface area (Å²) in [5.41, 5.74) is 0.658. The Morgan fingerprint density at radius 3 is 2.94 bits per heavy atom. The van der Waals surface area contributed by atoms with Crippen LogP contribution in [0.4, 0.5) is 0 Å². The molecule has 7 heteroatoms. The molecule has 0 fully saturated rings. The highest BCUT2D eigenvalue weighted by Gasteiger charge is 2.13. The van der Waals surface area contributed by atoms with E-state index < -0.39 is 0 Å². The van der Waals surface area contributed by atoms with Gasteiger partial charge in [0.2, 0.25) is 0 Å². The normalized spacial score (nSPS) is 10.9. The van der Waals surface area contributed by atoms with Crippen molar-refractivity contribution < 1.29 is 4.18 Å². The fourth-order valence-corrected chi connectivity index (χ4v) is 2.55. The Hall–Kier alpha value is -1.05. The van der Waals surface area contributed by atoms with Crippen LogP contribution in [-0.4, -0.2) is 14.3 Å². The molecule has 0 aliphatic heterocycles. The van der Waals surface area contributed by atoms with Gasteiger partial charge in [0, 0.05) is 7.05 Å². The molecule has 5 nitrogen and oxygen atoms in total. The Morgan fingerprint density at radius 1 is 1.62 bits per heavy atom. The number of thiol groups is 1. The lowest BCUT2D eigenvalue weighted by Gasteiger charge is -2.03. The Balaban J connectivity index is 2.58. The lowest BCUT2D eigenvalue weighted by atomic mass is 10.4. The van der Waals surface area contributed by atoms with Crippen LogP contribution in [0.3, 0.4) is 0 Å². The molecule has 0 spiro atoms. The molecule has 0 saturated carbocycles. The van der Waals surface area contributed by atoms with Gasteiger partial charge in [-0.3, -0.25) is 0 Å². The van der Waals surface area contributed by atoms with E-state index in [2.05, 4.69) is 18.0 Å². The van der Waals surface area contributed by atoms with Gasteiger partial charge in [-0.25, -0.2) is 14.0 Å². The summed E-state index contributed by atoms with van der Waals surface area (Å²) >= 11 is 5.25. The van der Waals surface area contributed by atoms with Gasteiger partial charge in [-0.15, -0.1) is 11.3 Å². The zero-order valence-electron chi connectivity index (χ0n) is 8.88. The van der Waals surface area contributed by atoms with E-state index >= 15 is 0 Å². The summed E-state index contributed by atoms with van der Waals surface area (Å²) in [5.74, 6) is 0.659. The first-order valence-corrected chi connectivity index (χ1v) is 5.85. The van der Waals surface area contributed by atoms with Crippen LogP contribution in [-0.2, 0) is 17.8 Å². The highest BCUT2D eigenvalue weighted by molar-refractivity contribution is 7.75. The maximum absolute atomic E-state index is 11.9. The minimum atomic E-state index is -0.156. The third-order valence-electron chi connectivity index (χ3n) is 2.24. The van der Waals surface area contributed by atoms with Gasteiger partial charge in [0.15, 0.2) is 0 Å². The topological polar surface area (TPSA) is 49.0 Å². The minimum absolute atomic E-state index is 0.156. The molecular weight excluding hydrogens is 246 g/mol. The second kappa shape index (κ2) is 4.44. The maximum Gasteiger partial charge on any atom is 0.350 e. The molecule has 86 valence electrons. The first-order valence-electron chi connectivity index (χ1n) is 4.61. The van der Waals surface area contributed by atoms with E-state index in [-0.39, 0.29) is 5.69 Å². The SMILES string of the molecule is Cc1nn(C)c(=O)n1-c1ccsc1COS. The van der Waals surface area contributed by atoms with Crippen molar-refractivity contribution in [2.24, 2.45) is 7.05 Å². The van der Waals surface area contributed by atoms with E-state index in [1.807, 2.05) is 11.4 Å². The summed E-state index contributed by atoms with van der Waals surface area (Å²) in [6, 6.07) is 1.88. The van der Waals surface area contributed by atoms with E-state index in [4.69, 9.17) is 4.18 Å². The largest absolute Gasteiger partial charge is 0.350 e. The van der Waals surface area contributed by atoms with Gasteiger partial charge in [0.25, 0.3) is 0 Å². The number of thiophene rings is 1. The molecule has 0 atom stereocenters. The van der Waals surface area contributed by atoms with Crippen molar-refractivity contribution >= 4 is 24.2 Å². The third-order valence-corrected chi connectivity index (χ3v) is 3.26. The highest BCUT2D eigenvalue weighted by atomic mass is 32.1. The highest BCUT2D eigenvalue weighted by Crippen LogP contribution is 2.21. The van der Waals surface area contributed by atoms with Gasteiger partial charge in [-0.05, 0) is 31.3 Å². The molecule has 2 aromatic rings. The average Bonchev–Trinajstić information content (AvgIpc) is 2.75. The maximum atomic E-state index is 11.9. The molecule has 2 aromatic heterocycles. The van der Waals surface area contributed by atoms with E-state index in [1.54, 1.807) is 18.5 Å². The van der Waals surface area contributed by atoms with Crippen molar-refractivity contribution in [1.29, 1.82) is 0 Å². The molecule has 16 heavy (non-hydrogen) atoms. The van der Waals surface area contributed by atoms with Crippen LogP contribution in [0.15, 0.2) is 16.2 Å². The zero-order chi connectivity index (χ0) is 11.7. The van der Waals surface area contributed by atoms with Crippen molar-refractivity contribution in [1.82, 2.24) is 14.3 Å². The number of hydrogen-bond donors (Lipinski definition) is 1. The summed E-state index contributed by atoms with van der Waals surface area (Å²) in [7, 11) is 1.63. The number of rotatable bonds is 3. The van der Waals surface area contributed by atoms with Crippen LogP contribution in [0, 0.1) is 6.92 Å². The molecule has 2 rings (SSSR count). The van der Waals surface area contributed by atoms with Crippen LogP contribution in [0.25, 0.3) is 5.69 Å². The van der Waals surface area contributed by atoms with Gasteiger partial charge >= 0.3 is 5.69 Å². The van der Waals surface area contributed by atoms with Crippen LogP contribution in [0.1, 0.15) is 10.7 Å². The smallest absolute Gasteiger partial charge is 0.313 e. The summed E-state index contributed by atoms with van der Waals surface area (Å²) in [4.78, 5) is 12.8. The Kier molecular flexibility index (Phi) is 3.17. The molecule has 0 N–H and O–H groups in total. The van der Waals surface area contributed by atoms with E-state index in [1.165, 1.54) is 16.0 Å². The third kappa shape index (κ3) is 1.81. The van der Waals surface area contributed by atoms with Crippen LogP contribution < -0.4 is 5.69 Å². The van der Waals surface area contributed by atoms with Gasteiger partial charge in [0.05, 0.1) is 17.2 Å². The monoisotopic (exact) mass is 257 g/mol. The second-order valence-corrected chi connectivity index (χ2v) is 4.55. The molecule has 0 aliphatic carbocycles. The van der Waals surface area contributed by atoms with Crippen molar-refractivity contribution in [3.05, 3.63) is 32.6 Å². The van der Waals surface area contributed by atoms with Crippen molar-refractivity contribution in [2.75, 3.05) is 0 Å². The summed E-state index contributed by atoms with van der Waals surface area (Å²) in [6.07, 6.45) is 0. The zero-order valence-corrected chi connectivity index (χ0v) is 10.6. The van der Waals surface area contributed by atoms with Crippen LogP contribution >= 0.6 is 24.2 Å². The van der Waals surface area contributed by atoms with E-state index in [0.29, 0.717) is 12.4 Å². The average molecular weight is 257 g/mol. The number of aryl methyl sites for hydroxylation is 2. The summed E-state index contributed by atoms with van der Waals surface area (Å²) in [5, 5.41) is 5.99. The summed E-state index contributed by atoms with van der Waals surface area (Å²) in [6.45, 7) is 2.17. The lowest BCUT2D eigenvalue weighted by molar-refractivity contribution is 0.376. The van der Waals surface area contributed by atoms with Gasteiger partial charge in [-0.2, -0.15) is 5.10 Å². The van der Waals surface area contributed by atoms with Crippen LogP contribution in [0.2, 0.25) is 0 Å². The predicted molar refractivity (Wildman–Crippen MR) is 65.2 cm³/mol. The molecule has 0 amide bonds. The molecule has 2 heterocycles. The standard InChI is InChI=1S/C9H11N3O2S2/c1-6-10-11(2)9(13)12(6)7-3-4-16-8(7)5-14-15/h3-4,15H,5H2,1-2H3. The minimum Gasteiger partial charge on any atom is -0.313 e. The number of hydrogen-bond acceptors (Lipinski definition) is 5. The number of aromatic nitrogens is 3. The molecule has 0 bridgehead atoms. The Bertz CT molecular complexity index is 555. The fourth-order valence-electron chi connectivity index (χ4n) is 1.56. The molecule has 0 aliphatic rings. The fraction of sp³-hybridized carbons (Fsp3) is 0.333. The molecule has 0 aromatic carbocycles. The molecular formula is C9H11N3O2S2.